The van der Waals surface area contributed by atoms with Gasteiger partial charge in [0.05, 0.1) is 18.2 Å². The summed E-state index contributed by atoms with van der Waals surface area (Å²) < 4.78 is 0. The summed E-state index contributed by atoms with van der Waals surface area (Å²) in [5.74, 6) is 0.440. The number of hydrogen-bond acceptors (Lipinski definition) is 4. The second kappa shape index (κ2) is 8.99. The predicted molar refractivity (Wildman–Crippen MR) is 117 cm³/mol. The highest BCUT2D eigenvalue weighted by molar-refractivity contribution is 5.76. The third kappa shape index (κ3) is 3.86. The lowest BCUT2D eigenvalue weighted by Crippen LogP contribution is -2.67. The van der Waals surface area contributed by atoms with Crippen LogP contribution in [0.5, 0.6) is 0 Å². The molecule has 5 heteroatoms. The molecule has 2 aliphatic rings. The molecule has 2 aromatic rings. The van der Waals surface area contributed by atoms with Crippen molar-refractivity contribution in [2.24, 2.45) is 0 Å². The number of fused-ring (bicyclic) bond motifs is 1. The summed E-state index contributed by atoms with van der Waals surface area (Å²) in [6, 6.07) is 18.7. The van der Waals surface area contributed by atoms with E-state index >= 15 is 0 Å². The molecule has 2 fully saturated rings. The van der Waals surface area contributed by atoms with Crippen molar-refractivity contribution in [3.8, 4) is 17.2 Å². The Morgan fingerprint density at radius 1 is 1.13 bits per heavy atom. The van der Waals surface area contributed by atoms with Gasteiger partial charge in [0.2, 0.25) is 5.91 Å². The molecule has 2 saturated heterocycles. The van der Waals surface area contributed by atoms with Crippen LogP contribution in [-0.4, -0.2) is 59.1 Å². The Labute approximate surface area is 178 Å². The average Bonchev–Trinajstić information content (AvgIpc) is 2.78. The molecule has 0 saturated carbocycles. The fourth-order valence-corrected chi connectivity index (χ4v) is 5.06. The Kier molecular flexibility index (Phi) is 6.17. The van der Waals surface area contributed by atoms with Gasteiger partial charge < -0.3 is 10.0 Å². The standard InChI is InChI=1S/C25H29N3O2/c1-2-24(30)27-12-3-4-13-28-22(16-27)25(23(28)17-29)20-10-8-19(9-11-20)21-7-5-6-18(14-21)15-26/h5-11,14,22-23,25,29H,2-4,12-13,16-17H2,1H3/t22-,23+,25-/m1/s1. The summed E-state index contributed by atoms with van der Waals surface area (Å²) in [6.45, 7) is 4.61. The molecule has 30 heavy (non-hydrogen) atoms. The maximum atomic E-state index is 12.4. The number of nitriles is 1. The zero-order chi connectivity index (χ0) is 21.1. The van der Waals surface area contributed by atoms with Gasteiger partial charge in [-0.05, 0) is 48.2 Å². The van der Waals surface area contributed by atoms with Crippen LogP contribution < -0.4 is 0 Å². The largest absolute Gasteiger partial charge is 0.395 e. The number of rotatable bonds is 4. The molecule has 0 aliphatic carbocycles. The number of carbonyl (C=O) groups excluding carboxylic acids is 1. The molecule has 0 bridgehead atoms. The highest BCUT2D eigenvalue weighted by atomic mass is 16.3. The summed E-state index contributed by atoms with van der Waals surface area (Å²) >= 11 is 0. The number of hydrogen-bond donors (Lipinski definition) is 1. The zero-order valence-electron chi connectivity index (χ0n) is 17.5. The molecule has 156 valence electrons. The first-order valence-electron chi connectivity index (χ1n) is 10.9. The van der Waals surface area contributed by atoms with Crippen LogP contribution in [0.15, 0.2) is 48.5 Å². The fourth-order valence-electron chi connectivity index (χ4n) is 5.06. The molecular formula is C25H29N3O2. The molecule has 3 atom stereocenters. The Balaban J connectivity index is 1.58. The van der Waals surface area contributed by atoms with E-state index in [9.17, 15) is 9.90 Å². The van der Waals surface area contributed by atoms with E-state index in [-0.39, 0.29) is 30.5 Å². The lowest BCUT2D eigenvalue weighted by molar-refractivity contribution is -0.136. The van der Waals surface area contributed by atoms with E-state index in [0.29, 0.717) is 12.0 Å². The monoisotopic (exact) mass is 403 g/mol. The molecule has 0 unspecified atom stereocenters. The smallest absolute Gasteiger partial charge is 0.222 e. The topological polar surface area (TPSA) is 67.6 Å². The van der Waals surface area contributed by atoms with Crippen molar-refractivity contribution in [2.75, 3.05) is 26.2 Å². The lowest BCUT2D eigenvalue weighted by Gasteiger charge is -2.57. The van der Waals surface area contributed by atoms with E-state index in [1.807, 2.05) is 36.1 Å². The van der Waals surface area contributed by atoms with Crippen LogP contribution in [-0.2, 0) is 4.79 Å². The average molecular weight is 404 g/mol. The van der Waals surface area contributed by atoms with Crippen LogP contribution in [0.4, 0.5) is 0 Å². The quantitative estimate of drug-likeness (QED) is 0.850. The van der Waals surface area contributed by atoms with E-state index < -0.39 is 0 Å². The van der Waals surface area contributed by atoms with Crippen LogP contribution in [0.25, 0.3) is 11.1 Å². The number of aliphatic hydroxyl groups is 1. The second-order valence-electron chi connectivity index (χ2n) is 8.30. The van der Waals surface area contributed by atoms with E-state index in [2.05, 4.69) is 35.2 Å². The van der Waals surface area contributed by atoms with Crippen LogP contribution in [0.3, 0.4) is 0 Å². The molecule has 0 aromatic heterocycles. The molecule has 1 amide bonds. The predicted octanol–water partition coefficient (Wildman–Crippen LogP) is 3.39. The van der Waals surface area contributed by atoms with Gasteiger partial charge >= 0.3 is 0 Å². The van der Waals surface area contributed by atoms with Crippen molar-refractivity contribution in [1.29, 1.82) is 5.26 Å². The van der Waals surface area contributed by atoms with Gasteiger partial charge in [-0.25, -0.2) is 0 Å². The van der Waals surface area contributed by atoms with E-state index in [0.717, 1.165) is 43.6 Å². The van der Waals surface area contributed by atoms with Gasteiger partial charge in [0.25, 0.3) is 0 Å². The molecule has 5 nitrogen and oxygen atoms in total. The van der Waals surface area contributed by atoms with Gasteiger partial charge in [-0.15, -0.1) is 0 Å². The Hall–Kier alpha value is -2.68. The molecule has 2 aliphatic heterocycles. The number of amides is 1. The SMILES string of the molecule is CCC(=O)N1CCCCN2[C@H](C1)[C@@H](c1ccc(-c3cccc(C#N)c3)cc1)[C@@H]2CO. The molecule has 1 N–H and O–H groups in total. The molecule has 4 rings (SSSR count). The minimum absolute atomic E-state index is 0.111. The first-order valence-corrected chi connectivity index (χ1v) is 10.9. The second-order valence-corrected chi connectivity index (χ2v) is 8.30. The highest BCUT2D eigenvalue weighted by Crippen LogP contribution is 2.42. The van der Waals surface area contributed by atoms with Crippen molar-refractivity contribution in [2.45, 2.75) is 44.2 Å². The van der Waals surface area contributed by atoms with Crippen LogP contribution in [0.1, 0.15) is 43.2 Å². The summed E-state index contributed by atoms with van der Waals surface area (Å²) in [5.41, 5.74) is 3.97. The van der Waals surface area contributed by atoms with Gasteiger partial charge in [0.15, 0.2) is 0 Å². The van der Waals surface area contributed by atoms with Crippen LogP contribution in [0.2, 0.25) is 0 Å². The fraction of sp³-hybridized carbons (Fsp3) is 0.440. The summed E-state index contributed by atoms with van der Waals surface area (Å²) in [4.78, 5) is 16.8. The van der Waals surface area contributed by atoms with Crippen molar-refractivity contribution in [3.05, 3.63) is 59.7 Å². The number of carbonyl (C=O) groups is 1. The van der Waals surface area contributed by atoms with Crippen LogP contribution in [0, 0.1) is 11.3 Å². The molecule has 0 radical (unpaired) electrons. The zero-order valence-corrected chi connectivity index (χ0v) is 17.5. The summed E-state index contributed by atoms with van der Waals surface area (Å²) in [6.07, 6.45) is 2.62. The number of nitrogens with zero attached hydrogens (tertiary/aromatic N) is 3. The minimum atomic E-state index is 0.111. The van der Waals surface area contributed by atoms with Gasteiger partial charge in [-0.1, -0.05) is 43.3 Å². The first kappa shape index (κ1) is 20.6. The van der Waals surface area contributed by atoms with Gasteiger partial charge in [-0.3, -0.25) is 9.69 Å². The normalized spacial score (nSPS) is 24.2. The van der Waals surface area contributed by atoms with Gasteiger partial charge in [-0.2, -0.15) is 5.26 Å². The summed E-state index contributed by atoms with van der Waals surface area (Å²) in [7, 11) is 0. The van der Waals surface area contributed by atoms with Gasteiger partial charge in [0, 0.05) is 37.5 Å². The lowest BCUT2D eigenvalue weighted by atomic mass is 9.74. The van der Waals surface area contributed by atoms with E-state index in [1.165, 1.54) is 5.56 Å². The summed E-state index contributed by atoms with van der Waals surface area (Å²) in [5, 5.41) is 19.2. The van der Waals surface area contributed by atoms with Crippen molar-refractivity contribution >= 4 is 5.91 Å². The van der Waals surface area contributed by atoms with Crippen molar-refractivity contribution in [3.63, 3.8) is 0 Å². The number of benzene rings is 2. The van der Waals surface area contributed by atoms with Gasteiger partial charge in [0.1, 0.15) is 0 Å². The Morgan fingerprint density at radius 2 is 1.90 bits per heavy atom. The Morgan fingerprint density at radius 3 is 2.60 bits per heavy atom. The first-order chi connectivity index (χ1) is 14.7. The number of aliphatic hydroxyl groups excluding tert-OH is 1. The molecule has 2 aromatic carbocycles. The van der Waals surface area contributed by atoms with Crippen molar-refractivity contribution in [1.82, 2.24) is 9.80 Å². The Bertz CT molecular complexity index is 934. The maximum absolute atomic E-state index is 12.4. The maximum Gasteiger partial charge on any atom is 0.222 e. The van der Waals surface area contributed by atoms with E-state index in [1.54, 1.807) is 0 Å². The molecule has 0 spiro atoms. The van der Waals surface area contributed by atoms with Crippen LogP contribution >= 0.6 is 0 Å². The third-order valence-electron chi connectivity index (χ3n) is 6.65. The molecular weight excluding hydrogens is 374 g/mol. The highest BCUT2D eigenvalue weighted by Gasteiger charge is 2.49. The van der Waals surface area contributed by atoms with E-state index in [4.69, 9.17) is 5.26 Å². The third-order valence-corrected chi connectivity index (χ3v) is 6.65. The minimum Gasteiger partial charge on any atom is -0.395 e. The van der Waals surface area contributed by atoms with Crippen molar-refractivity contribution < 1.29 is 9.90 Å². The molecule has 2 heterocycles.